The van der Waals surface area contributed by atoms with Crippen LogP contribution in [0, 0.1) is 5.82 Å². The van der Waals surface area contributed by atoms with E-state index in [2.05, 4.69) is 20.9 Å². The molecule has 1 amide bonds. The maximum absolute atomic E-state index is 13.1. The third-order valence-corrected chi connectivity index (χ3v) is 3.41. The summed E-state index contributed by atoms with van der Waals surface area (Å²) in [6.45, 7) is 3.58. The largest absolute Gasteiger partial charge is 0.382 e. The van der Waals surface area contributed by atoms with Crippen LogP contribution in [0.15, 0.2) is 29.3 Å². The first-order chi connectivity index (χ1) is 12.7. The fourth-order valence-electron chi connectivity index (χ4n) is 2.12. The van der Waals surface area contributed by atoms with Gasteiger partial charge in [0.25, 0.3) is 0 Å². The molecule has 0 bridgehead atoms. The molecule has 1 rings (SSSR count). The molecule has 0 atom stereocenters. The Balaban J connectivity index is 0.00000676. The number of amides is 1. The molecule has 9 heteroatoms. The first kappa shape index (κ1) is 25.5. The van der Waals surface area contributed by atoms with Gasteiger partial charge in [-0.2, -0.15) is 0 Å². The van der Waals surface area contributed by atoms with Gasteiger partial charge in [0.05, 0.1) is 19.6 Å². The Bertz CT molecular complexity index is 561. The number of aliphatic imine (C=N–C) groups is 1. The quantitative estimate of drug-likeness (QED) is 0.176. The number of carbonyl (C=O) groups excluding carboxylic acids is 1. The van der Waals surface area contributed by atoms with E-state index in [1.165, 1.54) is 12.1 Å². The number of ether oxygens (including phenoxy) is 2. The standard InChI is InChI=1S/C18H29FN4O3.HI/c1-20-18(22-7-4-10-26-12-11-25-2)23-9-8-21-17(24)14-15-5-3-6-16(19)13-15;/h3,5-6,13H,4,7-12,14H2,1-2H3,(H,21,24)(H2,20,22,23);1H. The second-order valence-electron chi connectivity index (χ2n) is 5.54. The first-order valence-corrected chi connectivity index (χ1v) is 8.68. The zero-order valence-corrected chi connectivity index (χ0v) is 18.3. The van der Waals surface area contributed by atoms with Gasteiger partial charge < -0.3 is 25.4 Å². The number of rotatable bonds is 12. The average Bonchev–Trinajstić information content (AvgIpc) is 2.62. The first-order valence-electron chi connectivity index (χ1n) is 8.68. The third kappa shape index (κ3) is 13.4. The van der Waals surface area contributed by atoms with Crippen molar-refractivity contribution in [3.63, 3.8) is 0 Å². The van der Waals surface area contributed by atoms with Crippen molar-refractivity contribution in [1.29, 1.82) is 0 Å². The van der Waals surface area contributed by atoms with Crippen molar-refractivity contribution in [3.05, 3.63) is 35.6 Å². The summed E-state index contributed by atoms with van der Waals surface area (Å²) in [5, 5.41) is 9.07. The maximum Gasteiger partial charge on any atom is 0.224 e. The van der Waals surface area contributed by atoms with Crippen LogP contribution in [0.4, 0.5) is 4.39 Å². The molecule has 0 aliphatic carbocycles. The molecular formula is C18H30FIN4O3. The Kier molecular flexibility index (Phi) is 15.8. The Morgan fingerprint density at radius 2 is 1.85 bits per heavy atom. The Hall–Kier alpha value is -1.46. The highest BCUT2D eigenvalue weighted by Crippen LogP contribution is 2.03. The van der Waals surface area contributed by atoms with Crippen molar-refractivity contribution in [2.45, 2.75) is 12.8 Å². The van der Waals surface area contributed by atoms with Crippen molar-refractivity contribution in [1.82, 2.24) is 16.0 Å². The molecule has 7 nitrogen and oxygen atoms in total. The van der Waals surface area contributed by atoms with Gasteiger partial charge in [-0.3, -0.25) is 9.79 Å². The van der Waals surface area contributed by atoms with Crippen LogP contribution in [0.5, 0.6) is 0 Å². The van der Waals surface area contributed by atoms with Crippen LogP contribution >= 0.6 is 24.0 Å². The van der Waals surface area contributed by atoms with Crippen LogP contribution in [0.2, 0.25) is 0 Å². The highest BCUT2D eigenvalue weighted by Gasteiger charge is 2.04. The smallest absolute Gasteiger partial charge is 0.224 e. The minimum Gasteiger partial charge on any atom is -0.382 e. The molecule has 0 heterocycles. The summed E-state index contributed by atoms with van der Waals surface area (Å²) in [7, 11) is 3.33. The van der Waals surface area contributed by atoms with E-state index in [1.807, 2.05) is 0 Å². The Morgan fingerprint density at radius 3 is 2.56 bits per heavy atom. The third-order valence-electron chi connectivity index (χ3n) is 3.41. The van der Waals surface area contributed by atoms with Gasteiger partial charge in [-0.15, -0.1) is 24.0 Å². The lowest BCUT2D eigenvalue weighted by Gasteiger charge is -2.12. The minimum absolute atomic E-state index is 0. The molecule has 0 unspecified atom stereocenters. The van der Waals surface area contributed by atoms with Crippen LogP contribution in [-0.2, 0) is 20.7 Å². The lowest BCUT2D eigenvalue weighted by molar-refractivity contribution is -0.120. The number of hydrogen-bond donors (Lipinski definition) is 3. The van der Waals surface area contributed by atoms with Crippen molar-refractivity contribution in [2.24, 2.45) is 4.99 Å². The Morgan fingerprint density at radius 1 is 1.11 bits per heavy atom. The zero-order chi connectivity index (χ0) is 19.0. The topological polar surface area (TPSA) is 84.0 Å². The van der Waals surface area contributed by atoms with Gasteiger partial charge in [0.2, 0.25) is 5.91 Å². The molecule has 0 fully saturated rings. The lowest BCUT2D eigenvalue weighted by atomic mass is 10.1. The summed E-state index contributed by atoms with van der Waals surface area (Å²) >= 11 is 0. The fraction of sp³-hybridized carbons (Fsp3) is 0.556. The number of guanidine groups is 1. The minimum atomic E-state index is -0.337. The van der Waals surface area contributed by atoms with Crippen molar-refractivity contribution in [3.8, 4) is 0 Å². The van der Waals surface area contributed by atoms with Crippen molar-refractivity contribution < 1.29 is 18.7 Å². The predicted octanol–water partition coefficient (Wildman–Crippen LogP) is 1.32. The fourth-order valence-corrected chi connectivity index (χ4v) is 2.12. The summed E-state index contributed by atoms with van der Waals surface area (Å²) in [6, 6.07) is 6.04. The van der Waals surface area contributed by atoms with Gasteiger partial charge in [0.15, 0.2) is 5.96 Å². The molecule has 0 aromatic heterocycles. The number of hydrogen-bond acceptors (Lipinski definition) is 4. The van der Waals surface area contributed by atoms with E-state index < -0.39 is 0 Å². The van der Waals surface area contributed by atoms with Crippen molar-refractivity contribution in [2.75, 3.05) is 53.6 Å². The molecule has 27 heavy (non-hydrogen) atoms. The number of methoxy groups -OCH3 is 1. The number of nitrogens with one attached hydrogen (secondary N) is 3. The summed E-state index contributed by atoms with van der Waals surface area (Å²) in [5.41, 5.74) is 0.653. The summed E-state index contributed by atoms with van der Waals surface area (Å²) in [4.78, 5) is 15.9. The molecule has 1 aromatic rings. The Labute approximate surface area is 177 Å². The molecule has 1 aromatic carbocycles. The number of halogens is 2. The molecule has 0 spiro atoms. The molecule has 3 N–H and O–H groups in total. The predicted molar refractivity (Wildman–Crippen MR) is 115 cm³/mol. The van der Waals surface area contributed by atoms with E-state index >= 15 is 0 Å². The normalized spacial score (nSPS) is 10.9. The van der Waals surface area contributed by atoms with Gasteiger partial charge in [0.1, 0.15) is 5.82 Å². The van der Waals surface area contributed by atoms with Crippen LogP contribution in [0.25, 0.3) is 0 Å². The molecule has 154 valence electrons. The molecule has 0 saturated carbocycles. The number of nitrogens with zero attached hydrogens (tertiary/aromatic N) is 1. The molecule has 0 radical (unpaired) electrons. The summed E-state index contributed by atoms with van der Waals surface area (Å²) < 4.78 is 23.4. The van der Waals surface area contributed by atoms with Gasteiger partial charge in [-0.05, 0) is 24.1 Å². The number of carbonyl (C=O) groups is 1. The van der Waals surface area contributed by atoms with Crippen molar-refractivity contribution >= 4 is 35.8 Å². The highest BCUT2D eigenvalue weighted by atomic mass is 127. The number of benzene rings is 1. The van der Waals surface area contributed by atoms with Crippen LogP contribution < -0.4 is 16.0 Å². The van der Waals surface area contributed by atoms with Gasteiger partial charge in [0, 0.05) is 40.4 Å². The second kappa shape index (κ2) is 16.7. The van der Waals surface area contributed by atoms with E-state index in [0.29, 0.717) is 44.4 Å². The maximum atomic E-state index is 13.1. The van der Waals surface area contributed by atoms with E-state index in [9.17, 15) is 9.18 Å². The molecular weight excluding hydrogens is 466 g/mol. The van der Waals surface area contributed by atoms with Crippen LogP contribution in [-0.4, -0.2) is 65.5 Å². The molecule has 0 saturated heterocycles. The van der Waals surface area contributed by atoms with Gasteiger partial charge in [-0.25, -0.2) is 4.39 Å². The van der Waals surface area contributed by atoms with E-state index in [0.717, 1.165) is 13.0 Å². The van der Waals surface area contributed by atoms with E-state index in [-0.39, 0.29) is 42.1 Å². The molecule has 0 aliphatic heterocycles. The molecule has 0 aliphatic rings. The highest BCUT2D eigenvalue weighted by molar-refractivity contribution is 14.0. The second-order valence-corrected chi connectivity index (χ2v) is 5.54. The van der Waals surface area contributed by atoms with Crippen LogP contribution in [0.1, 0.15) is 12.0 Å². The average molecular weight is 496 g/mol. The van der Waals surface area contributed by atoms with Crippen LogP contribution in [0.3, 0.4) is 0 Å². The van der Waals surface area contributed by atoms with E-state index in [4.69, 9.17) is 9.47 Å². The summed E-state index contributed by atoms with van der Waals surface area (Å²) in [5.74, 6) is 0.186. The summed E-state index contributed by atoms with van der Waals surface area (Å²) in [6.07, 6.45) is 1.02. The van der Waals surface area contributed by atoms with Gasteiger partial charge >= 0.3 is 0 Å². The SMILES string of the molecule is CN=C(NCCCOCCOC)NCCNC(=O)Cc1cccc(F)c1.I. The van der Waals surface area contributed by atoms with E-state index in [1.54, 1.807) is 26.3 Å². The monoisotopic (exact) mass is 496 g/mol. The van der Waals surface area contributed by atoms with Gasteiger partial charge in [-0.1, -0.05) is 12.1 Å². The lowest BCUT2D eigenvalue weighted by Crippen LogP contribution is -2.42. The zero-order valence-electron chi connectivity index (χ0n) is 15.9.